The number of hydrogen-bond acceptors (Lipinski definition) is 15. The normalized spacial score (nSPS) is 14.5. The number of carbonyl (C=O) groups is 4. The van der Waals surface area contributed by atoms with Crippen LogP contribution in [-0.4, -0.2) is 96.7 Å². The molecule has 0 spiro atoms. The van der Waals surface area contributed by atoms with E-state index in [-0.39, 0.29) is 25.7 Å². The lowest BCUT2D eigenvalue weighted by atomic mass is 10.1. The second kappa shape index (κ2) is 75.0. The van der Waals surface area contributed by atoms with E-state index in [0.717, 1.165) is 186 Å². The number of aliphatic hydroxyl groups is 1. The van der Waals surface area contributed by atoms with Gasteiger partial charge in [0.05, 0.1) is 26.4 Å². The van der Waals surface area contributed by atoms with Crippen molar-refractivity contribution in [3.05, 3.63) is 109 Å². The van der Waals surface area contributed by atoms with Crippen LogP contribution in [-0.2, 0) is 65.4 Å². The highest BCUT2D eigenvalue weighted by Crippen LogP contribution is 2.45. The molecule has 0 aromatic rings. The van der Waals surface area contributed by atoms with Crippen molar-refractivity contribution in [3.8, 4) is 0 Å². The summed E-state index contributed by atoms with van der Waals surface area (Å²) in [4.78, 5) is 73.0. The molecule has 17 nitrogen and oxygen atoms in total. The number of aliphatic hydroxyl groups excluding tert-OH is 1. The van der Waals surface area contributed by atoms with E-state index in [1.807, 2.05) is 0 Å². The third kappa shape index (κ3) is 74.0. The molecular weight excluding hydrogens is 1330 g/mol. The Morgan fingerprint density at radius 3 is 0.843 bits per heavy atom. The second-order valence-electron chi connectivity index (χ2n) is 26.6. The fraction of sp³-hybridized carbons (Fsp3) is 0.735. The van der Waals surface area contributed by atoms with Gasteiger partial charge >= 0.3 is 39.5 Å². The van der Waals surface area contributed by atoms with Gasteiger partial charge in [-0.05, 0) is 148 Å². The molecule has 5 atom stereocenters. The Kier molecular flexibility index (Phi) is 71.8. The maximum absolute atomic E-state index is 13.1. The van der Waals surface area contributed by atoms with Gasteiger partial charge in [-0.15, -0.1) is 0 Å². The van der Waals surface area contributed by atoms with Crippen molar-refractivity contribution in [2.24, 2.45) is 0 Å². The van der Waals surface area contributed by atoms with Gasteiger partial charge in [0.25, 0.3) is 0 Å². The van der Waals surface area contributed by atoms with E-state index in [1.165, 1.54) is 70.6 Å². The lowest BCUT2D eigenvalue weighted by Crippen LogP contribution is -2.30. The highest BCUT2D eigenvalue weighted by Gasteiger charge is 2.30. The molecule has 0 aliphatic carbocycles. The van der Waals surface area contributed by atoms with Gasteiger partial charge in [-0.1, -0.05) is 272 Å². The van der Waals surface area contributed by atoms with Crippen LogP contribution in [0.3, 0.4) is 0 Å². The van der Waals surface area contributed by atoms with E-state index < -0.39 is 97.5 Å². The van der Waals surface area contributed by atoms with Crippen LogP contribution in [0.25, 0.3) is 0 Å². The van der Waals surface area contributed by atoms with Crippen molar-refractivity contribution in [2.75, 3.05) is 39.6 Å². The van der Waals surface area contributed by atoms with Crippen molar-refractivity contribution in [1.82, 2.24) is 0 Å². The molecule has 0 fully saturated rings. The Hall–Kier alpha value is -4.28. The van der Waals surface area contributed by atoms with Crippen LogP contribution in [0.4, 0.5) is 0 Å². The van der Waals surface area contributed by atoms with E-state index in [2.05, 4.69) is 137 Å². The van der Waals surface area contributed by atoms with Gasteiger partial charge < -0.3 is 33.8 Å². The number of allylic oxidation sites excluding steroid dienone is 18. The summed E-state index contributed by atoms with van der Waals surface area (Å²) in [6.07, 6.45) is 80.7. The summed E-state index contributed by atoms with van der Waals surface area (Å²) >= 11 is 0. The summed E-state index contributed by atoms with van der Waals surface area (Å²) < 4.78 is 68.5. The third-order valence-electron chi connectivity index (χ3n) is 16.7. The second-order valence-corrected chi connectivity index (χ2v) is 29.5. The predicted molar refractivity (Wildman–Crippen MR) is 418 cm³/mol. The van der Waals surface area contributed by atoms with Gasteiger partial charge in [0.1, 0.15) is 19.3 Å². The van der Waals surface area contributed by atoms with Crippen LogP contribution in [0.1, 0.15) is 336 Å². The van der Waals surface area contributed by atoms with E-state index >= 15 is 0 Å². The predicted octanol–water partition coefficient (Wildman–Crippen LogP) is 23.3. The Balaban J connectivity index is 5.37. The Morgan fingerprint density at radius 2 is 0.520 bits per heavy atom. The molecule has 0 aromatic carbocycles. The van der Waals surface area contributed by atoms with E-state index in [0.29, 0.717) is 25.7 Å². The fourth-order valence-corrected chi connectivity index (χ4v) is 12.1. The van der Waals surface area contributed by atoms with Crippen LogP contribution >= 0.6 is 15.6 Å². The van der Waals surface area contributed by atoms with Gasteiger partial charge in [-0.25, -0.2) is 9.13 Å². The standard InChI is InChI=1S/C83H144O17P2/c1-5-9-13-17-21-25-29-32-35-37-38-40-42-45-49-52-56-60-64-68-81(86)94-74-79(100-83(88)70-66-62-58-54-50-46-43-39-36-33-30-26-22-18-14-10-6-2)76-98-102(91,92)96-72-77(84)71-95-101(89,90)97-75-78(99-82(87)69-65-61-57-53-47-28-24-20-16-12-8-4)73-93-80(85)67-63-59-55-51-48-44-41-34-31-27-23-19-15-11-7-3/h10,14,20-22,24-26,32-36,38,40-41,43,46,77-79,84H,5-9,11-13,15-19,23,27-31,37,39,42,44-45,47-76H2,1-4H3,(H,89,90)(H,91,92)/b14-10-,24-20-,25-21-,26-22-,35-32-,36-33-,40-38-,41-34-,46-43-. The molecule has 0 amide bonds. The van der Waals surface area contributed by atoms with E-state index in [4.69, 9.17) is 37.0 Å². The van der Waals surface area contributed by atoms with Crippen molar-refractivity contribution >= 4 is 39.5 Å². The summed E-state index contributed by atoms with van der Waals surface area (Å²) in [6, 6.07) is 0. The first-order valence-corrected chi connectivity index (χ1v) is 43.1. The molecule has 19 heteroatoms. The largest absolute Gasteiger partial charge is 0.472 e. The van der Waals surface area contributed by atoms with Crippen LogP contribution in [0, 0.1) is 0 Å². The molecule has 0 saturated carbocycles. The molecule has 102 heavy (non-hydrogen) atoms. The molecule has 0 bridgehead atoms. The van der Waals surface area contributed by atoms with Gasteiger partial charge in [0, 0.05) is 25.7 Å². The van der Waals surface area contributed by atoms with Gasteiger partial charge in [0.2, 0.25) is 0 Å². The minimum absolute atomic E-state index is 0.0624. The zero-order chi connectivity index (χ0) is 74.6. The first kappa shape index (κ1) is 97.7. The molecule has 0 saturated heterocycles. The van der Waals surface area contributed by atoms with Crippen LogP contribution in [0.15, 0.2) is 109 Å². The zero-order valence-corrected chi connectivity index (χ0v) is 66.0. The smallest absolute Gasteiger partial charge is 0.462 e. The number of hydrogen-bond donors (Lipinski definition) is 3. The van der Waals surface area contributed by atoms with E-state index in [1.54, 1.807) is 0 Å². The monoisotopic (exact) mass is 1470 g/mol. The molecule has 0 aliphatic heterocycles. The average molecular weight is 1480 g/mol. The quantitative estimate of drug-likeness (QED) is 0.0169. The minimum Gasteiger partial charge on any atom is -0.462 e. The lowest BCUT2D eigenvalue weighted by Gasteiger charge is -2.21. The van der Waals surface area contributed by atoms with Crippen LogP contribution in [0.2, 0.25) is 0 Å². The Bertz CT molecular complexity index is 2360. The number of phosphoric ester groups is 2. The molecule has 5 unspecified atom stereocenters. The molecule has 0 aliphatic rings. The van der Waals surface area contributed by atoms with Crippen molar-refractivity contribution < 1.29 is 80.2 Å². The SMILES string of the molecule is CC/C=C\C/C=C\C/C=C\C/C=C\CCCCCCC(=O)OC(COC(=O)CCCCCCCC/C=C\C/C=C\C/C=C\CCCCC)COP(=O)(O)OCC(O)COP(=O)(O)OCC(COC(=O)CCCCCCC/C=C\CCCCCCCC)OC(=O)CCCCCCC/C=C\CCCC. The van der Waals surface area contributed by atoms with Crippen molar-refractivity contribution in [3.63, 3.8) is 0 Å². The minimum atomic E-state index is -4.99. The summed E-state index contributed by atoms with van der Waals surface area (Å²) in [7, 11) is -9.97. The molecule has 0 rings (SSSR count). The molecule has 588 valence electrons. The lowest BCUT2D eigenvalue weighted by molar-refractivity contribution is -0.161. The first-order valence-electron chi connectivity index (χ1n) is 40.1. The maximum atomic E-state index is 13.1. The van der Waals surface area contributed by atoms with Gasteiger partial charge in [-0.3, -0.25) is 37.3 Å². The molecule has 3 N–H and O–H groups in total. The number of phosphoric acid groups is 2. The molecule has 0 radical (unpaired) electrons. The number of unbranched alkanes of at least 4 members (excludes halogenated alkanes) is 31. The van der Waals surface area contributed by atoms with Crippen LogP contribution < -0.4 is 0 Å². The number of carbonyl (C=O) groups excluding carboxylic acids is 4. The number of ether oxygens (including phenoxy) is 4. The summed E-state index contributed by atoms with van der Waals surface area (Å²) in [5.41, 5.74) is 0. The molecular formula is C83H144O17P2. The first-order chi connectivity index (χ1) is 49.7. The van der Waals surface area contributed by atoms with Gasteiger partial charge in [-0.2, -0.15) is 0 Å². The topological polar surface area (TPSA) is 237 Å². The fourth-order valence-electron chi connectivity index (χ4n) is 10.5. The summed E-state index contributed by atoms with van der Waals surface area (Å²) in [6.45, 7) is 4.65. The van der Waals surface area contributed by atoms with Crippen molar-refractivity contribution in [2.45, 2.75) is 354 Å². The highest BCUT2D eigenvalue weighted by atomic mass is 31.2. The van der Waals surface area contributed by atoms with Crippen molar-refractivity contribution in [1.29, 1.82) is 0 Å². The molecule has 0 heterocycles. The van der Waals surface area contributed by atoms with Gasteiger partial charge in [0.15, 0.2) is 12.2 Å². The average Bonchev–Trinajstić information content (AvgIpc) is 0.927. The third-order valence-corrected chi connectivity index (χ3v) is 18.6. The number of rotatable bonds is 75. The molecule has 0 aromatic heterocycles. The highest BCUT2D eigenvalue weighted by molar-refractivity contribution is 7.47. The Labute approximate surface area is 619 Å². The van der Waals surface area contributed by atoms with Crippen LogP contribution in [0.5, 0.6) is 0 Å². The summed E-state index contributed by atoms with van der Waals surface area (Å²) in [5, 5.41) is 10.6. The summed E-state index contributed by atoms with van der Waals surface area (Å²) in [5.74, 6) is -2.22. The van der Waals surface area contributed by atoms with E-state index in [9.17, 15) is 43.2 Å². The maximum Gasteiger partial charge on any atom is 0.472 e. The Morgan fingerprint density at radius 1 is 0.284 bits per heavy atom. The number of esters is 4. The zero-order valence-electron chi connectivity index (χ0n) is 64.3.